The number of nitrogens with zero attached hydrogens (tertiary/aromatic N) is 4. The van der Waals surface area contributed by atoms with E-state index in [0.717, 1.165) is 36.2 Å². The zero-order chi connectivity index (χ0) is 14.8. The van der Waals surface area contributed by atoms with Gasteiger partial charge in [-0.1, -0.05) is 6.07 Å². The van der Waals surface area contributed by atoms with Gasteiger partial charge in [-0.25, -0.2) is 9.78 Å². The Balaban J connectivity index is 1.68. The third-order valence-corrected chi connectivity index (χ3v) is 4.10. The first-order valence-electron chi connectivity index (χ1n) is 6.78. The molecule has 2 aromatic rings. The number of piperidine rings is 1. The number of rotatable bonds is 3. The van der Waals surface area contributed by atoms with Gasteiger partial charge in [0.15, 0.2) is 5.69 Å². The van der Waals surface area contributed by atoms with Gasteiger partial charge < -0.3 is 10.0 Å². The van der Waals surface area contributed by atoms with E-state index in [1.165, 1.54) is 6.07 Å². The molecule has 1 N–H and O–H groups in total. The number of carbonyl (C=O) groups is 1. The molecule has 2 aromatic heterocycles. The first kappa shape index (κ1) is 14.1. The standard InChI is InChI=1S/C14H15BrN4O2/c15-10-8-16-19(9-10)11-4-6-18(7-5-11)13-3-1-2-12(17-13)14(20)21/h1-3,8-9,11H,4-7H2,(H,20,21). The van der Waals surface area contributed by atoms with E-state index in [4.69, 9.17) is 5.11 Å². The minimum atomic E-state index is -0.992. The second kappa shape index (κ2) is 5.85. The molecule has 110 valence electrons. The molecule has 6 nitrogen and oxygen atoms in total. The van der Waals surface area contributed by atoms with Crippen LogP contribution in [0.15, 0.2) is 35.1 Å². The van der Waals surface area contributed by atoms with Crippen LogP contribution in [0.5, 0.6) is 0 Å². The van der Waals surface area contributed by atoms with Crippen molar-refractivity contribution in [1.82, 2.24) is 14.8 Å². The number of halogens is 1. The van der Waals surface area contributed by atoms with Gasteiger partial charge in [0.2, 0.25) is 0 Å². The number of aromatic carboxylic acids is 1. The first-order chi connectivity index (χ1) is 10.1. The predicted molar refractivity (Wildman–Crippen MR) is 81.6 cm³/mol. The van der Waals surface area contributed by atoms with Gasteiger partial charge in [0.1, 0.15) is 5.82 Å². The first-order valence-corrected chi connectivity index (χ1v) is 7.58. The fraction of sp³-hybridized carbons (Fsp3) is 0.357. The van der Waals surface area contributed by atoms with Gasteiger partial charge in [-0.2, -0.15) is 5.10 Å². The Morgan fingerprint density at radius 3 is 2.71 bits per heavy atom. The highest BCUT2D eigenvalue weighted by molar-refractivity contribution is 9.10. The summed E-state index contributed by atoms with van der Waals surface area (Å²) in [6.07, 6.45) is 5.72. The maximum absolute atomic E-state index is 11.0. The van der Waals surface area contributed by atoms with Crippen molar-refractivity contribution in [2.45, 2.75) is 18.9 Å². The van der Waals surface area contributed by atoms with E-state index in [2.05, 4.69) is 30.9 Å². The van der Waals surface area contributed by atoms with Crippen LogP contribution in [0.25, 0.3) is 0 Å². The largest absolute Gasteiger partial charge is 0.477 e. The highest BCUT2D eigenvalue weighted by Crippen LogP contribution is 2.26. The van der Waals surface area contributed by atoms with Gasteiger partial charge in [0, 0.05) is 19.3 Å². The molecule has 0 amide bonds. The van der Waals surface area contributed by atoms with Gasteiger partial charge in [-0.05, 0) is 40.9 Å². The lowest BCUT2D eigenvalue weighted by Crippen LogP contribution is -2.35. The molecular formula is C14H15BrN4O2. The predicted octanol–water partition coefficient (Wildman–Crippen LogP) is 2.58. The monoisotopic (exact) mass is 350 g/mol. The molecule has 0 bridgehead atoms. The van der Waals surface area contributed by atoms with E-state index in [-0.39, 0.29) is 5.69 Å². The van der Waals surface area contributed by atoms with Gasteiger partial charge in [0.25, 0.3) is 0 Å². The molecule has 1 aliphatic heterocycles. The van der Waals surface area contributed by atoms with Crippen LogP contribution >= 0.6 is 15.9 Å². The summed E-state index contributed by atoms with van der Waals surface area (Å²) in [4.78, 5) is 17.3. The molecule has 3 heterocycles. The van der Waals surface area contributed by atoms with Crippen LogP contribution in [-0.4, -0.2) is 38.9 Å². The van der Waals surface area contributed by atoms with E-state index in [1.54, 1.807) is 12.3 Å². The Hall–Kier alpha value is -1.89. The third kappa shape index (κ3) is 3.07. The maximum Gasteiger partial charge on any atom is 0.354 e. The molecule has 1 saturated heterocycles. The average molecular weight is 351 g/mol. The normalized spacial score (nSPS) is 16.1. The average Bonchev–Trinajstić information content (AvgIpc) is 2.94. The molecule has 7 heteroatoms. The van der Waals surface area contributed by atoms with E-state index in [9.17, 15) is 4.79 Å². The Kier molecular flexibility index (Phi) is 3.92. The summed E-state index contributed by atoms with van der Waals surface area (Å²) in [7, 11) is 0. The summed E-state index contributed by atoms with van der Waals surface area (Å²) in [6, 6.07) is 5.50. The maximum atomic E-state index is 11.0. The van der Waals surface area contributed by atoms with Crippen molar-refractivity contribution in [2.75, 3.05) is 18.0 Å². The smallest absolute Gasteiger partial charge is 0.354 e. The van der Waals surface area contributed by atoms with Gasteiger partial charge >= 0.3 is 5.97 Å². The van der Waals surface area contributed by atoms with Crippen LogP contribution in [0.1, 0.15) is 29.4 Å². The van der Waals surface area contributed by atoms with Crippen molar-refractivity contribution in [1.29, 1.82) is 0 Å². The van der Waals surface area contributed by atoms with Gasteiger partial charge in [-0.15, -0.1) is 0 Å². The number of aromatic nitrogens is 3. The Morgan fingerprint density at radius 1 is 1.33 bits per heavy atom. The highest BCUT2D eigenvalue weighted by atomic mass is 79.9. The fourth-order valence-corrected chi connectivity index (χ4v) is 2.89. The fourth-order valence-electron chi connectivity index (χ4n) is 2.59. The Morgan fingerprint density at radius 2 is 2.10 bits per heavy atom. The minimum Gasteiger partial charge on any atom is -0.477 e. The summed E-state index contributed by atoms with van der Waals surface area (Å²) in [5, 5.41) is 13.3. The zero-order valence-corrected chi connectivity index (χ0v) is 12.9. The Labute approximate surface area is 130 Å². The van der Waals surface area contributed by atoms with Gasteiger partial charge in [0.05, 0.1) is 16.7 Å². The van der Waals surface area contributed by atoms with Crippen LogP contribution in [-0.2, 0) is 0 Å². The molecule has 0 unspecified atom stereocenters. The molecular weight excluding hydrogens is 336 g/mol. The Bertz CT molecular complexity index is 650. The summed E-state index contributed by atoms with van der Waals surface area (Å²) in [6.45, 7) is 1.69. The number of carboxylic acids is 1. The molecule has 3 rings (SSSR count). The van der Waals surface area contributed by atoms with Crippen molar-refractivity contribution in [2.24, 2.45) is 0 Å². The van der Waals surface area contributed by atoms with E-state index in [0.29, 0.717) is 6.04 Å². The van der Waals surface area contributed by atoms with E-state index >= 15 is 0 Å². The summed E-state index contributed by atoms with van der Waals surface area (Å²) >= 11 is 3.41. The number of pyridine rings is 1. The molecule has 0 aliphatic carbocycles. The van der Waals surface area contributed by atoms with E-state index < -0.39 is 5.97 Å². The van der Waals surface area contributed by atoms with Crippen molar-refractivity contribution in [3.05, 3.63) is 40.8 Å². The topological polar surface area (TPSA) is 71.2 Å². The molecule has 1 fully saturated rings. The van der Waals surface area contributed by atoms with E-state index in [1.807, 2.05) is 16.9 Å². The molecule has 0 spiro atoms. The van der Waals surface area contributed by atoms with Gasteiger partial charge in [-0.3, -0.25) is 4.68 Å². The molecule has 0 saturated carbocycles. The minimum absolute atomic E-state index is 0.0885. The zero-order valence-electron chi connectivity index (χ0n) is 11.3. The quantitative estimate of drug-likeness (QED) is 0.920. The summed E-state index contributed by atoms with van der Waals surface area (Å²) in [5.74, 6) is -0.261. The van der Waals surface area contributed by atoms with Crippen LogP contribution in [0.2, 0.25) is 0 Å². The lowest BCUT2D eigenvalue weighted by molar-refractivity contribution is 0.0690. The lowest BCUT2D eigenvalue weighted by Gasteiger charge is -2.32. The second-order valence-electron chi connectivity index (χ2n) is 5.04. The molecule has 0 aromatic carbocycles. The van der Waals surface area contributed by atoms with Crippen LogP contribution in [0.4, 0.5) is 5.82 Å². The highest BCUT2D eigenvalue weighted by Gasteiger charge is 2.22. The van der Waals surface area contributed by atoms with Crippen LogP contribution in [0, 0.1) is 0 Å². The number of hydrogen-bond donors (Lipinski definition) is 1. The van der Waals surface area contributed by atoms with Crippen LogP contribution in [0.3, 0.4) is 0 Å². The number of hydrogen-bond acceptors (Lipinski definition) is 4. The van der Waals surface area contributed by atoms with Crippen molar-refractivity contribution in [3.63, 3.8) is 0 Å². The second-order valence-corrected chi connectivity index (χ2v) is 5.96. The lowest BCUT2D eigenvalue weighted by atomic mass is 10.1. The number of anilines is 1. The number of carboxylic acid groups (broad SMARTS) is 1. The third-order valence-electron chi connectivity index (χ3n) is 3.69. The van der Waals surface area contributed by atoms with Crippen molar-refractivity contribution < 1.29 is 9.90 Å². The molecule has 21 heavy (non-hydrogen) atoms. The summed E-state index contributed by atoms with van der Waals surface area (Å²) in [5.41, 5.74) is 0.0885. The van der Waals surface area contributed by atoms with Crippen molar-refractivity contribution >= 4 is 27.7 Å². The molecule has 1 aliphatic rings. The van der Waals surface area contributed by atoms with Crippen LogP contribution < -0.4 is 4.90 Å². The molecule has 0 atom stereocenters. The summed E-state index contributed by atoms with van der Waals surface area (Å²) < 4.78 is 2.98. The van der Waals surface area contributed by atoms with Crippen molar-refractivity contribution in [3.8, 4) is 0 Å². The SMILES string of the molecule is O=C(O)c1cccc(N2CCC(n3cc(Br)cn3)CC2)n1. The molecule has 0 radical (unpaired) electrons.